The minimum absolute atomic E-state index is 0.0801. The van der Waals surface area contributed by atoms with Crippen LogP contribution in [0.3, 0.4) is 0 Å². The van der Waals surface area contributed by atoms with Crippen molar-refractivity contribution < 1.29 is 9.53 Å². The van der Waals surface area contributed by atoms with Crippen LogP contribution < -0.4 is 5.32 Å². The van der Waals surface area contributed by atoms with Crippen molar-refractivity contribution in [1.29, 1.82) is 0 Å². The van der Waals surface area contributed by atoms with Gasteiger partial charge in [-0.25, -0.2) is 0 Å². The molecule has 0 saturated heterocycles. The first-order valence-electron chi connectivity index (χ1n) is 5.04. The van der Waals surface area contributed by atoms with E-state index in [-0.39, 0.29) is 11.8 Å². The van der Waals surface area contributed by atoms with Crippen LogP contribution in [0.2, 0.25) is 0 Å². The fourth-order valence-electron chi connectivity index (χ4n) is 0.836. The van der Waals surface area contributed by atoms with E-state index in [1.54, 1.807) is 0 Å². The van der Waals surface area contributed by atoms with Crippen LogP contribution in [0.1, 0.15) is 33.6 Å². The Labute approximate surface area is 80.8 Å². The fourth-order valence-corrected chi connectivity index (χ4v) is 0.836. The minimum Gasteiger partial charge on any atom is -0.381 e. The number of amides is 1. The van der Waals surface area contributed by atoms with Crippen LogP contribution in [0.25, 0.3) is 0 Å². The van der Waals surface area contributed by atoms with Gasteiger partial charge in [0.15, 0.2) is 0 Å². The van der Waals surface area contributed by atoms with E-state index in [1.165, 1.54) is 0 Å². The normalized spacial score (nSPS) is 10.5. The van der Waals surface area contributed by atoms with Crippen molar-refractivity contribution in [1.82, 2.24) is 5.32 Å². The number of rotatable bonds is 7. The zero-order chi connectivity index (χ0) is 10.1. The molecule has 0 aromatic heterocycles. The second kappa shape index (κ2) is 8.05. The highest BCUT2D eigenvalue weighted by Crippen LogP contribution is 1.90. The molecule has 0 fully saturated rings. The Hall–Kier alpha value is -0.570. The monoisotopic (exact) mass is 187 g/mol. The summed E-state index contributed by atoms with van der Waals surface area (Å²) in [6.07, 6.45) is 1.96. The maximum atomic E-state index is 11.1. The van der Waals surface area contributed by atoms with Gasteiger partial charge in [-0.2, -0.15) is 0 Å². The van der Waals surface area contributed by atoms with Crippen LogP contribution in [0.15, 0.2) is 0 Å². The zero-order valence-electron chi connectivity index (χ0n) is 8.93. The van der Waals surface area contributed by atoms with Gasteiger partial charge >= 0.3 is 0 Å². The summed E-state index contributed by atoms with van der Waals surface area (Å²) in [5.41, 5.74) is 0. The lowest BCUT2D eigenvalue weighted by atomic mass is 10.2. The molecule has 0 aromatic rings. The zero-order valence-corrected chi connectivity index (χ0v) is 8.93. The second-order valence-corrected chi connectivity index (χ2v) is 3.41. The third kappa shape index (κ3) is 7.78. The summed E-state index contributed by atoms with van der Waals surface area (Å²) in [5, 5.41) is 2.84. The first-order valence-corrected chi connectivity index (χ1v) is 5.04. The van der Waals surface area contributed by atoms with E-state index in [2.05, 4.69) is 12.2 Å². The molecule has 0 radical (unpaired) electrons. The van der Waals surface area contributed by atoms with E-state index < -0.39 is 0 Å². The number of carbonyl (C=O) groups is 1. The van der Waals surface area contributed by atoms with Gasteiger partial charge < -0.3 is 10.1 Å². The molecule has 0 unspecified atom stereocenters. The molecule has 3 heteroatoms. The molecule has 0 atom stereocenters. The Bertz CT molecular complexity index is 135. The number of hydrogen-bond acceptors (Lipinski definition) is 2. The molecular formula is C10H21NO2. The highest BCUT2D eigenvalue weighted by molar-refractivity contribution is 5.77. The summed E-state index contributed by atoms with van der Waals surface area (Å²) in [7, 11) is 0. The lowest BCUT2D eigenvalue weighted by Gasteiger charge is -2.07. The highest BCUT2D eigenvalue weighted by Gasteiger charge is 2.04. The van der Waals surface area contributed by atoms with Crippen LogP contribution in [-0.4, -0.2) is 25.7 Å². The predicted molar refractivity (Wildman–Crippen MR) is 53.6 cm³/mol. The summed E-state index contributed by atoms with van der Waals surface area (Å²) < 4.78 is 5.27. The van der Waals surface area contributed by atoms with Crippen LogP contribution in [-0.2, 0) is 9.53 Å². The Morgan fingerprint density at radius 3 is 2.62 bits per heavy atom. The van der Waals surface area contributed by atoms with Gasteiger partial charge in [-0.15, -0.1) is 0 Å². The summed E-state index contributed by atoms with van der Waals surface area (Å²) >= 11 is 0. The molecule has 0 aliphatic heterocycles. The Morgan fingerprint density at radius 1 is 1.38 bits per heavy atom. The fraction of sp³-hybridized carbons (Fsp3) is 0.900. The van der Waals surface area contributed by atoms with Crippen LogP contribution in [0, 0.1) is 5.92 Å². The third-order valence-corrected chi connectivity index (χ3v) is 1.64. The summed E-state index contributed by atoms with van der Waals surface area (Å²) in [6, 6.07) is 0. The van der Waals surface area contributed by atoms with Gasteiger partial charge in [0.2, 0.25) is 5.91 Å². The molecule has 13 heavy (non-hydrogen) atoms. The first kappa shape index (κ1) is 12.4. The van der Waals surface area contributed by atoms with E-state index in [4.69, 9.17) is 4.74 Å². The smallest absolute Gasteiger partial charge is 0.222 e. The maximum absolute atomic E-state index is 11.1. The molecule has 3 nitrogen and oxygen atoms in total. The SMILES string of the molecule is CCCOCCCNC(=O)C(C)C. The van der Waals surface area contributed by atoms with Gasteiger partial charge in [-0.3, -0.25) is 4.79 Å². The molecule has 0 saturated carbocycles. The topological polar surface area (TPSA) is 38.3 Å². The molecule has 78 valence electrons. The van der Waals surface area contributed by atoms with E-state index in [0.717, 1.165) is 32.6 Å². The van der Waals surface area contributed by atoms with E-state index in [9.17, 15) is 4.79 Å². The van der Waals surface area contributed by atoms with Crippen molar-refractivity contribution in [2.45, 2.75) is 33.6 Å². The quantitative estimate of drug-likeness (QED) is 0.614. The minimum atomic E-state index is 0.0801. The molecule has 0 aromatic carbocycles. The van der Waals surface area contributed by atoms with Crippen molar-refractivity contribution in [2.24, 2.45) is 5.92 Å². The highest BCUT2D eigenvalue weighted by atomic mass is 16.5. The number of carbonyl (C=O) groups excluding carboxylic acids is 1. The van der Waals surface area contributed by atoms with Crippen LogP contribution >= 0.6 is 0 Å². The Balaban J connectivity index is 3.12. The molecule has 0 heterocycles. The summed E-state index contributed by atoms with van der Waals surface area (Å²) in [6.45, 7) is 8.15. The molecular weight excluding hydrogens is 166 g/mol. The molecule has 1 N–H and O–H groups in total. The summed E-state index contributed by atoms with van der Waals surface area (Å²) in [4.78, 5) is 11.1. The average molecular weight is 187 g/mol. The Morgan fingerprint density at radius 2 is 2.08 bits per heavy atom. The molecule has 0 aliphatic rings. The largest absolute Gasteiger partial charge is 0.381 e. The predicted octanol–water partition coefficient (Wildman–Crippen LogP) is 1.58. The van der Waals surface area contributed by atoms with Crippen molar-refractivity contribution in [3.8, 4) is 0 Å². The molecule has 0 aliphatic carbocycles. The van der Waals surface area contributed by atoms with Gasteiger partial charge in [0, 0.05) is 25.7 Å². The van der Waals surface area contributed by atoms with Crippen LogP contribution in [0.5, 0.6) is 0 Å². The second-order valence-electron chi connectivity index (χ2n) is 3.41. The number of hydrogen-bond donors (Lipinski definition) is 1. The molecule has 0 bridgehead atoms. The van der Waals surface area contributed by atoms with Gasteiger partial charge in [-0.1, -0.05) is 20.8 Å². The number of ether oxygens (including phenoxy) is 1. The maximum Gasteiger partial charge on any atom is 0.222 e. The lowest BCUT2D eigenvalue weighted by molar-refractivity contribution is -0.124. The standard InChI is InChI=1S/C10H21NO2/c1-4-7-13-8-5-6-11-10(12)9(2)3/h9H,4-8H2,1-3H3,(H,11,12). The Kier molecular flexibility index (Phi) is 7.69. The van der Waals surface area contributed by atoms with Crippen molar-refractivity contribution in [2.75, 3.05) is 19.8 Å². The van der Waals surface area contributed by atoms with Gasteiger partial charge in [0.1, 0.15) is 0 Å². The van der Waals surface area contributed by atoms with Gasteiger partial charge in [-0.05, 0) is 12.8 Å². The van der Waals surface area contributed by atoms with Gasteiger partial charge in [0.05, 0.1) is 0 Å². The van der Waals surface area contributed by atoms with E-state index in [1.807, 2.05) is 13.8 Å². The molecule has 1 amide bonds. The van der Waals surface area contributed by atoms with E-state index >= 15 is 0 Å². The van der Waals surface area contributed by atoms with Crippen LogP contribution in [0.4, 0.5) is 0 Å². The van der Waals surface area contributed by atoms with Crippen molar-refractivity contribution in [3.05, 3.63) is 0 Å². The number of nitrogens with one attached hydrogen (secondary N) is 1. The first-order chi connectivity index (χ1) is 6.18. The lowest BCUT2D eigenvalue weighted by Crippen LogP contribution is -2.29. The van der Waals surface area contributed by atoms with E-state index in [0.29, 0.717) is 0 Å². The molecule has 0 rings (SSSR count). The van der Waals surface area contributed by atoms with Gasteiger partial charge in [0.25, 0.3) is 0 Å². The summed E-state index contributed by atoms with van der Waals surface area (Å²) in [5.74, 6) is 0.201. The third-order valence-electron chi connectivity index (χ3n) is 1.64. The molecule has 0 spiro atoms. The van der Waals surface area contributed by atoms with Crippen molar-refractivity contribution in [3.63, 3.8) is 0 Å². The van der Waals surface area contributed by atoms with Crippen molar-refractivity contribution >= 4 is 5.91 Å². The average Bonchev–Trinajstić information content (AvgIpc) is 2.10.